The summed E-state index contributed by atoms with van der Waals surface area (Å²) in [4.78, 5) is 3.98. The number of nitrogens with one attached hydrogen (secondary N) is 2. The number of nitrogens with zero attached hydrogens (tertiary/aromatic N) is 1. The lowest BCUT2D eigenvalue weighted by atomic mass is 10.2. The summed E-state index contributed by atoms with van der Waals surface area (Å²) in [5, 5.41) is 3.04. The zero-order valence-electron chi connectivity index (χ0n) is 6.46. The Morgan fingerprint density at radius 1 is 1.64 bits per heavy atom. The number of anilines is 1. The van der Waals surface area contributed by atoms with Crippen LogP contribution >= 0.6 is 0 Å². The predicted octanol–water partition coefficient (Wildman–Crippen LogP) is 0.0866. The highest BCUT2D eigenvalue weighted by Crippen LogP contribution is 2.10. The van der Waals surface area contributed by atoms with Crippen LogP contribution in [0.4, 0.5) is 5.69 Å². The number of hydrogen-bond acceptors (Lipinski definition) is 4. The minimum atomic E-state index is 0.629. The third kappa shape index (κ3) is 1.89. The topological polar surface area (TPSA) is 63.0 Å². The molecule has 0 aromatic carbocycles. The Hall–Kier alpha value is -1.13. The van der Waals surface area contributed by atoms with E-state index in [0.29, 0.717) is 6.54 Å². The molecule has 0 atom stereocenters. The lowest BCUT2D eigenvalue weighted by Crippen LogP contribution is -2.21. The fraction of sp³-hybridized carbons (Fsp3) is 0.286. The van der Waals surface area contributed by atoms with E-state index in [1.165, 1.54) is 0 Å². The Bertz CT molecular complexity index is 223. The van der Waals surface area contributed by atoms with Crippen molar-refractivity contribution >= 4 is 5.69 Å². The van der Waals surface area contributed by atoms with E-state index >= 15 is 0 Å². The first-order valence-corrected chi connectivity index (χ1v) is 3.42. The molecule has 0 spiro atoms. The summed E-state index contributed by atoms with van der Waals surface area (Å²) in [6.07, 6.45) is 3.53. The van der Waals surface area contributed by atoms with Gasteiger partial charge in [0.2, 0.25) is 0 Å². The van der Waals surface area contributed by atoms with Gasteiger partial charge in [-0.05, 0) is 6.07 Å². The van der Waals surface area contributed by atoms with Crippen molar-refractivity contribution in [1.29, 1.82) is 0 Å². The normalized spacial score (nSPS) is 9.64. The molecule has 0 aliphatic rings. The number of aromatic nitrogens is 1. The summed E-state index contributed by atoms with van der Waals surface area (Å²) in [6, 6.07) is 1.91. The first-order chi connectivity index (χ1) is 5.38. The van der Waals surface area contributed by atoms with E-state index < -0.39 is 0 Å². The molecule has 0 saturated carbocycles. The van der Waals surface area contributed by atoms with Crippen molar-refractivity contribution in [2.75, 3.05) is 12.4 Å². The largest absolute Gasteiger partial charge is 0.388 e. The Balaban J connectivity index is 2.83. The highest BCUT2D eigenvalue weighted by molar-refractivity contribution is 5.48. The molecular weight excluding hydrogens is 140 g/mol. The zero-order chi connectivity index (χ0) is 8.10. The minimum Gasteiger partial charge on any atom is -0.388 e. The molecule has 0 bridgehead atoms. The molecule has 1 rings (SSSR count). The van der Waals surface area contributed by atoms with Crippen LogP contribution in [0, 0.1) is 0 Å². The molecule has 0 saturated heterocycles. The van der Waals surface area contributed by atoms with Gasteiger partial charge in [0.25, 0.3) is 0 Å². The maximum atomic E-state index is 5.18. The molecule has 60 valence electrons. The average Bonchev–Trinajstić information content (AvgIpc) is 2.06. The second kappa shape index (κ2) is 3.90. The molecule has 1 heterocycles. The molecule has 11 heavy (non-hydrogen) atoms. The van der Waals surface area contributed by atoms with Gasteiger partial charge < -0.3 is 5.32 Å². The van der Waals surface area contributed by atoms with Crippen molar-refractivity contribution < 1.29 is 0 Å². The van der Waals surface area contributed by atoms with Crippen molar-refractivity contribution in [3.05, 3.63) is 24.0 Å². The first-order valence-electron chi connectivity index (χ1n) is 3.42. The maximum absolute atomic E-state index is 5.18. The average molecular weight is 152 g/mol. The lowest BCUT2D eigenvalue weighted by Gasteiger charge is -2.06. The highest BCUT2D eigenvalue weighted by Gasteiger charge is 1.96. The van der Waals surface area contributed by atoms with Crippen LogP contribution < -0.4 is 16.6 Å². The molecule has 0 aliphatic carbocycles. The molecule has 4 nitrogen and oxygen atoms in total. The van der Waals surface area contributed by atoms with Crippen molar-refractivity contribution in [3.8, 4) is 0 Å². The maximum Gasteiger partial charge on any atom is 0.0414 e. The first kappa shape index (κ1) is 7.97. The van der Waals surface area contributed by atoms with Crippen LogP contribution in [-0.2, 0) is 6.54 Å². The van der Waals surface area contributed by atoms with Crippen LogP contribution in [0.25, 0.3) is 0 Å². The van der Waals surface area contributed by atoms with Crippen LogP contribution in [0.1, 0.15) is 5.56 Å². The number of pyridine rings is 1. The quantitative estimate of drug-likeness (QED) is 0.424. The fourth-order valence-electron chi connectivity index (χ4n) is 0.922. The molecule has 4 heteroatoms. The Morgan fingerprint density at radius 3 is 3.09 bits per heavy atom. The smallest absolute Gasteiger partial charge is 0.0414 e. The summed E-state index contributed by atoms with van der Waals surface area (Å²) >= 11 is 0. The molecule has 0 unspecified atom stereocenters. The molecule has 0 amide bonds. The van der Waals surface area contributed by atoms with Crippen LogP contribution in [0.2, 0.25) is 0 Å². The molecule has 0 aliphatic heterocycles. The van der Waals surface area contributed by atoms with Gasteiger partial charge in [-0.1, -0.05) is 0 Å². The van der Waals surface area contributed by atoms with E-state index in [4.69, 9.17) is 5.84 Å². The Kier molecular flexibility index (Phi) is 2.83. The Labute approximate surface area is 65.8 Å². The van der Waals surface area contributed by atoms with E-state index in [2.05, 4.69) is 15.7 Å². The van der Waals surface area contributed by atoms with E-state index in [9.17, 15) is 0 Å². The highest BCUT2D eigenvalue weighted by atomic mass is 15.2. The van der Waals surface area contributed by atoms with Crippen LogP contribution in [0.15, 0.2) is 18.5 Å². The van der Waals surface area contributed by atoms with E-state index in [1.807, 2.05) is 13.1 Å². The molecule has 0 radical (unpaired) electrons. The van der Waals surface area contributed by atoms with Gasteiger partial charge in [0.05, 0.1) is 0 Å². The third-order valence-electron chi connectivity index (χ3n) is 1.47. The number of nitrogens with two attached hydrogens (primary N) is 1. The standard InChI is InChI=1S/C7H12N4/c1-9-7-2-3-10-4-6(7)5-11-8/h2-4,11H,5,8H2,1H3,(H,9,10). The minimum absolute atomic E-state index is 0.629. The van der Waals surface area contributed by atoms with Gasteiger partial charge in [0.15, 0.2) is 0 Å². The lowest BCUT2D eigenvalue weighted by molar-refractivity contribution is 0.739. The second-order valence-corrected chi connectivity index (χ2v) is 2.16. The van der Waals surface area contributed by atoms with Gasteiger partial charge in [-0.2, -0.15) is 0 Å². The van der Waals surface area contributed by atoms with E-state index in [-0.39, 0.29) is 0 Å². The van der Waals surface area contributed by atoms with Crippen molar-refractivity contribution in [1.82, 2.24) is 10.4 Å². The van der Waals surface area contributed by atoms with Crippen molar-refractivity contribution in [3.63, 3.8) is 0 Å². The molecule has 0 fully saturated rings. The molecule has 1 aromatic heterocycles. The van der Waals surface area contributed by atoms with Gasteiger partial charge in [-0.3, -0.25) is 16.3 Å². The third-order valence-corrected chi connectivity index (χ3v) is 1.47. The zero-order valence-corrected chi connectivity index (χ0v) is 6.46. The van der Waals surface area contributed by atoms with E-state index in [0.717, 1.165) is 11.3 Å². The number of hydrogen-bond donors (Lipinski definition) is 3. The summed E-state index contributed by atoms with van der Waals surface area (Å²) in [7, 11) is 1.87. The van der Waals surface area contributed by atoms with Gasteiger partial charge in [0, 0.05) is 37.2 Å². The van der Waals surface area contributed by atoms with Gasteiger partial charge in [0.1, 0.15) is 0 Å². The monoisotopic (exact) mass is 152 g/mol. The molecule has 4 N–H and O–H groups in total. The second-order valence-electron chi connectivity index (χ2n) is 2.16. The van der Waals surface area contributed by atoms with Crippen LogP contribution in [0.5, 0.6) is 0 Å². The fourth-order valence-corrected chi connectivity index (χ4v) is 0.922. The van der Waals surface area contributed by atoms with Crippen LogP contribution in [-0.4, -0.2) is 12.0 Å². The number of rotatable bonds is 3. The van der Waals surface area contributed by atoms with Crippen molar-refractivity contribution in [2.45, 2.75) is 6.54 Å². The van der Waals surface area contributed by atoms with Crippen LogP contribution in [0.3, 0.4) is 0 Å². The Morgan fingerprint density at radius 2 is 2.45 bits per heavy atom. The van der Waals surface area contributed by atoms with Gasteiger partial charge >= 0.3 is 0 Å². The summed E-state index contributed by atoms with van der Waals surface area (Å²) in [5.41, 5.74) is 4.70. The number of hydrazine groups is 1. The summed E-state index contributed by atoms with van der Waals surface area (Å²) in [5.74, 6) is 5.18. The van der Waals surface area contributed by atoms with Gasteiger partial charge in [-0.25, -0.2) is 0 Å². The van der Waals surface area contributed by atoms with Crippen molar-refractivity contribution in [2.24, 2.45) is 5.84 Å². The predicted molar refractivity (Wildman–Crippen MR) is 44.8 cm³/mol. The summed E-state index contributed by atoms with van der Waals surface area (Å²) in [6.45, 7) is 0.629. The molecular formula is C7H12N4. The van der Waals surface area contributed by atoms with Gasteiger partial charge in [-0.15, -0.1) is 0 Å². The summed E-state index contributed by atoms with van der Waals surface area (Å²) < 4.78 is 0. The van der Waals surface area contributed by atoms with E-state index in [1.54, 1.807) is 12.4 Å². The molecule has 1 aromatic rings. The SMILES string of the molecule is CNc1ccncc1CNN.